The van der Waals surface area contributed by atoms with Crippen LogP contribution in [-0.2, 0) is 9.59 Å². The summed E-state index contributed by atoms with van der Waals surface area (Å²) in [6, 6.07) is 23.5. The Morgan fingerprint density at radius 2 is 1.56 bits per heavy atom. The Kier molecular flexibility index (Phi) is 9.24. The fraction of sp³-hybridized carbons (Fsp3) is 0.138. The summed E-state index contributed by atoms with van der Waals surface area (Å²) in [7, 11) is 0. The van der Waals surface area contributed by atoms with E-state index in [1.165, 1.54) is 23.1 Å². The largest absolute Gasteiger partial charge is 0.321 e. The number of nitrogens with one attached hydrogen (secondary N) is 3. The normalized spacial score (nSPS) is 11.9. The lowest BCUT2D eigenvalue weighted by Gasteiger charge is -2.13. The molecule has 8 nitrogen and oxygen atoms in total. The summed E-state index contributed by atoms with van der Waals surface area (Å²) in [6.07, 6.45) is 1.64. The Morgan fingerprint density at radius 1 is 0.872 bits per heavy atom. The predicted octanol–water partition coefficient (Wildman–Crippen LogP) is 5.68. The van der Waals surface area contributed by atoms with Gasteiger partial charge in [0, 0.05) is 16.1 Å². The van der Waals surface area contributed by atoms with Crippen LogP contribution in [0.5, 0.6) is 0 Å². The molecule has 3 N–H and O–H groups in total. The van der Waals surface area contributed by atoms with Crippen molar-refractivity contribution in [2.75, 3.05) is 10.6 Å². The molecule has 0 saturated heterocycles. The van der Waals surface area contributed by atoms with E-state index in [4.69, 9.17) is 0 Å². The predicted molar refractivity (Wildman–Crippen MR) is 157 cm³/mol. The standard InChI is InChI=1S/C29H27N5O3S2/c1-18-9-11-21(12-10-18)17-25(31-27(36)22-7-5-4-6-8-22)28(37)30-23-13-15-24(16-14-23)38-19(2)26(35)32-29-34-33-20(3)39-29/h4-17,19H,1-3H3,(H,30,37)(H,31,36)(H,32,34,35)/b25-17-. The smallest absolute Gasteiger partial charge is 0.272 e. The topological polar surface area (TPSA) is 113 Å². The molecule has 0 aliphatic heterocycles. The van der Waals surface area contributed by atoms with Gasteiger partial charge in [-0.05, 0) is 68.8 Å². The molecule has 1 atom stereocenters. The molecule has 0 aliphatic rings. The van der Waals surface area contributed by atoms with E-state index in [-0.39, 0.29) is 22.8 Å². The van der Waals surface area contributed by atoms with E-state index in [0.29, 0.717) is 16.4 Å². The highest BCUT2D eigenvalue weighted by Crippen LogP contribution is 2.26. The number of benzene rings is 3. The number of nitrogens with zero attached hydrogens (tertiary/aromatic N) is 2. The summed E-state index contributed by atoms with van der Waals surface area (Å²) in [5.74, 6) is -1.01. The molecule has 0 aliphatic carbocycles. The van der Waals surface area contributed by atoms with Crippen LogP contribution >= 0.6 is 23.1 Å². The molecule has 0 saturated carbocycles. The van der Waals surface area contributed by atoms with Crippen LogP contribution in [-0.4, -0.2) is 33.2 Å². The Hall–Kier alpha value is -4.28. The molecule has 0 spiro atoms. The first kappa shape index (κ1) is 27.7. The lowest BCUT2D eigenvalue weighted by Crippen LogP contribution is -2.30. The maximum absolute atomic E-state index is 13.2. The monoisotopic (exact) mass is 557 g/mol. The second-order valence-electron chi connectivity index (χ2n) is 8.64. The van der Waals surface area contributed by atoms with Crippen LogP contribution in [0.25, 0.3) is 6.08 Å². The number of amides is 3. The highest BCUT2D eigenvalue weighted by atomic mass is 32.2. The average molecular weight is 558 g/mol. The summed E-state index contributed by atoms with van der Waals surface area (Å²) in [4.78, 5) is 39.4. The van der Waals surface area contributed by atoms with Crippen molar-refractivity contribution in [2.45, 2.75) is 30.9 Å². The van der Waals surface area contributed by atoms with Crippen molar-refractivity contribution < 1.29 is 14.4 Å². The molecule has 3 aromatic carbocycles. The van der Waals surface area contributed by atoms with Crippen LogP contribution in [0.4, 0.5) is 10.8 Å². The molecular formula is C29H27N5O3S2. The minimum Gasteiger partial charge on any atom is -0.321 e. The zero-order chi connectivity index (χ0) is 27.8. The van der Waals surface area contributed by atoms with Gasteiger partial charge in [-0.3, -0.25) is 19.7 Å². The SMILES string of the molecule is Cc1ccc(/C=C(\NC(=O)c2ccccc2)C(=O)Nc2ccc(SC(C)C(=O)Nc3nnc(C)s3)cc2)cc1. The van der Waals surface area contributed by atoms with Crippen LogP contribution in [0.1, 0.15) is 33.4 Å². The highest BCUT2D eigenvalue weighted by Gasteiger charge is 2.18. The van der Waals surface area contributed by atoms with Crippen LogP contribution in [0.15, 0.2) is 89.5 Å². The molecule has 4 rings (SSSR count). The minimum absolute atomic E-state index is 0.114. The number of aromatic nitrogens is 2. The van der Waals surface area contributed by atoms with Gasteiger partial charge in [0.15, 0.2) is 0 Å². The number of hydrogen-bond donors (Lipinski definition) is 3. The Morgan fingerprint density at radius 3 is 2.21 bits per heavy atom. The fourth-order valence-electron chi connectivity index (χ4n) is 3.40. The van der Waals surface area contributed by atoms with Gasteiger partial charge in [0.05, 0.1) is 5.25 Å². The number of anilines is 2. The van der Waals surface area contributed by atoms with E-state index in [1.807, 2.05) is 56.3 Å². The summed E-state index contributed by atoms with van der Waals surface area (Å²) in [6.45, 7) is 5.61. The summed E-state index contributed by atoms with van der Waals surface area (Å²) in [5.41, 5.74) is 2.98. The molecule has 1 heterocycles. The quantitative estimate of drug-likeness (QED) is 0.180. The first-order valence-corrected chi connectivity index (χ1v) is 13.8. The molecule has 1 unspecified atom stereocenters. The zero-order valence-corrected chi connectivity index (χ0v) is 23.2. The second-order valence-corrected chi connectivity index (χ2v) is 11.2. The lowest BCUT2D eigenvalue weighted by atomic mass is 10.1. The van der Waals surface area contributed by atoms with Crippen molar-refractivity contribution in [3.05, 3.63) is 106 Å². The number of hydrogen-bond acceptors (Lipinski definition) is 7. The van der Waals surface area contributed by atoms with Gasteiger partial charge >= 0.3 is 0 Å². The van der Waals surface area contributed by atoms with Gasteiger partial charge in [-0.15, -0.1) is 22.0 Å². The zero-order valence-electron chi connectivity index (χ0n) is 21.6. The van der Waals surface area contributed by atoms with E-state index >= 15 is 0 Å². The van der Waals surface area contributed by atoms with E-state index in [1.54, 1.807) is 49.4 Å². The first-order chi connectivity index (χ1) is 18.8. The van der Waals surface area contributed by atoms with Crippen LogP contribution in [0.3, 0.4) is 0 Å². The van der Waals surface area contributed by atoms with Gasteiger partial charge in [0.2, 0.25) is 11.0 Å². The highest BCUT2D eigenvalue weighted by molar-refractivity contribution is 8.00. The number of carbonyl (C=O) groups is 3. The lowest BCUT2D eigenvalue weighted by molar-refractivity contribution is -0.115. The van der Waals surface area contributed by atoms with Crippen molar-refractivity contribution in [1.29, 1.82) is 0 Å². The molecular weight excluding hydrogens is 530 g/mol. The molecule has 198 valence electrons. The molecule has 0 bridgehead atoms. The summed E-state index contributed by atoms with van der Waals surface area (Å²) in [5, 5.41) is 17.1. The maximum atomic E-state index is 13.2. The van der Waals surface area contributed by atoms with Crippen molar-refractivity contribution >= 4 is 57.7 Å². The van der Waals surface area contributed by atoms with Crippen LogP contribution in [0, 0.1) is 13.8 Å². The second kappa shape index (κ2) is 13.0. The number of aryl methyl sites for hydroxylation is 2. The summed E-state index contributed by atoms with van der Waals surface area (Å²) < 4.78 is 0. The van der Waals surface area contributed by atoms with Crippen molar-refractivity contribution in [2.24, 2.45) is 0 Å². The molecule has 0 radical (unpaired) electrons. The van der Waals surface area contributed by atoms with Gasteiger partial charge in [0.1, 0.15) is 10.7 Å². The van der Waals surface area contributed by atoms with Crippen LogP contribution in [0.2, 0.25) is 0 Å². The van der Waals surface area contributed by atoms with Crippen molar-refractivity contribution in [1.82, 2.24) is 15.5 Å². The van der Waals surface area contributed by atoms with Gasteiger partial charge < -0.3 is 10.6 Å². The van der Waals surface area contributed by atoms with E-state index in [2.05, 4.69) is 26.1 Å². The Balaban J connectivity index is 1.43. The molecule has 0 fully saturated rings. The van der Waals surface area contributed by atoms with E-state index in [9.17, 15) is 14.4 Å². The molecule has 3 amide bonds. The average Bonchev–Trinajstić information content (AvgIpc) is 3.35. The third-order valence-corrected chi connectivity index (χ3v) is 7.33. The molecule has 10 heteroatoms. The number of rotatable bonds is 9. The summed E-state index contributed by atoms with van der Waals surface area (Å²) >= 11 is 2.70. The molecule has 39 heavy (non-hydrogen) atoms. The minimum atomic E-state index is -0.458. The third kappa shape index (κ3) is 8.10. The number of carbonyl (C=O) groups excluding carboxylic acids is 3. The number of thioether (sulfide) groups is 1. The first-order valence-electron chi connectivity index (χ1n) is 12.1. The van der Waals surface area contributed by atoms with Crippen molar-refractivity contribution in [3.63, 3.8) is 0 Å². The maximum Gasteiger partial charge on any atom is 0.272 e. The molecule has 1 aromatic heterocycles. The van der Waals surface area contributed by atoms with Gasteiger partial charge in [0.25, 0.3) is 11.8 Å². The van der Waals surface area contributed by atoms with Gasteiger partial charge in [-0.1, -0.05) is 59.4 Å². The third-order valence-electron chi connectivity index (χ3n) is 5.47. The van der Waals surface area contributed by atoms with Crippen LogP contribution < -0.4 is 16.0 Å². The Bertz CT molecular complexity index is 1480. The molecule has 4 aromatic rings. The van der Waals surface area contributed by atoms with Gasteiger partial charge in [-0.2, -0.15) is 0 Å². The Labute approximate surface area is 235 Å². The van der Waals surface area contributed by atoms with Crippen molar-refractivity contribution in [3.8, 4) is 0 Å². The van der Waals surface area contributed by atoms with E-state index < -0.39 is 5.91 Å². The van der Waals surface area contributed by atoms with Gasteiger partial charge in [-0.25, -0.2) is 0 Å². The van der Waals surface area contributed by atoms with E-state index in [0.717, 1.165) is 21.0 Å². The fourth-order valence-corrected chi connectivity index (χ4v) is 4.86.